The molecule has 1 saturated carbocycles. The molecule has 0 aromatic carbocycles. The monoisotopic (exact) mass is 281 g/mol. The number of likely N-dealkylation sites (tertiary alicyclic amines) is 1. The van der Waals surface area contributed by atoms with Crippen molar-refractivity contribution in [3.63, 3.8) is 0 Å². The van der Waals surface area contributed by atoms with Gasteiger partial charge in [0.25, 0.3) is 0 Å². The van der Waals surface area contributed by atoms with Gasteiger partial charge in [0.15, 0.2) is 0 Å². The lowest BCUT2D eigenvalue weighted by Gasteiger charge is -2.38. The van der Waals surface area contributed by atoms with Crippen LogP contribution in [0.4, 0.5) is 0 Å². The van der Waals surface area contributed by atoms with Gasteiger partial charge in [-0.05, 0) is 43.9 Å². The van der Waals surface area contributed by atoms with Gasteiger partial charge < -0.3 is 10.6 Å². The molecule has 0 radical (unpaired) electrons. The van der Waals surface area contributed by atoms with E-state index < -0.39 is 0 Å². The minimum atomic E-state index is 0.284. The molecular weight excluding hydrogens is 250 g/mol. The van der Waals surface area contributed by atoms with Gasteiger partial charge in [-0.3, -0.25) is 9.69 Å². The fourth-order valence-corrected chi connectivity index (χ4v) is 3.53. The van der Waals surface area contributed by atoms with E-state index in [4.69, 9.17) is 5.73 Å². The average molecular weight is 281 g/mol. The first-order chi connectivity index (χ1) is 9.47. The van der Waals surface area contributed by atoms with Crippen molar-refractivity contribution in [2.24, 2.45) is 17.6 Å². The normalized spacial score (nSPS) is 35.8. The molecule has 2 rings (SSSR count). The average Bonchev–Trinajstić information content (AvgIpc) is 2.43. The number of likely N-dealkylation sites (N-methyl/N-ethyl adjacent to an activating group) is 1. The number of piperidine rings is 1. The molecule has 4 nitrogen and oxygen atoms in total. The van der Waals surface area contributed by atoms with Crippen LogP contribution in [0.5, 0.6) is 0 Å². The summed E-state index contributed by atoms with van der Waals surface area (Å²) in [7, 11) is 1.99. The van der Waals surface area contributed by atoms with Crippen LogP contribution in [0.2, 0.25) is 0 Å². The topological polar surface area (TPSA) is 49.6 Å². The molecule has 1 amide bonds. The maximum Gasteiger partial charge on any atom is 0.236 e. The van der Waals surface area contributed by atoms with Gasteiger partial charge in [-0.1, -0.05) is 13.8 Å². The van der Waals surface area contributed by atoms with Crippen LogP contribution in [0.25, 0.3) is 0 Å². The number of carbonyl (C=O) groups excluding carboxylic acids is 1. The van der Waals surface area contributed by atoms with Crippen molar-refractivity contribution in [3.05, 3.63) is 0 Å². The van der Waals surface area contributed by atoms with Crippen LogP contribution in [-0.4, -0.2) is 54.5 Å². The lowest BCUT2D eigenvalue weighted by molar-refractivity contribution is -0.134. The largest absolute Gasteiger partial charge is 0.342 e. The van der Waals surface area contributed by atoms with Gasteiger partial charge in [0.2, 0.25) is 5.91 Å². The third kappa shape index (κ3) is 3.95. The van der Waals surface area contributed by atoms with E-state index in [1.165, 1.54) is 25.7 Å². The second kappa shape index (κ2) is 6.90. The third-order valence-corrected chi connectivity index (χ3v) is 5.34. The Morgan fingerprint density at radius 2 is 1.85 bits per heavy atom. The summed E-state index contributed by atoms with van der Waals surface area (Å²) in [6.45, 7) is 7.00. The molecule has 0 bridgehead atoms. The summed E-state index contributed by atoms with van der Waals surface area (Å²) in [5, 5.41) is 0. The quantitative estimate of drug-likeness (QED) is 0.856. The van der Waals surface area contributed by atoms with E-state index in [-0.39, 0.29) is 5.91 Å². The molecular formula is C16H31N3O. The van der Waals surface area contributed by atoms with Crippen LogP contribution in [0, 0.1) is 11.8 Å². The summed E-state index contributed by atoms with van der Waals surface area (Å²) in [5.41, 5.74) is 6.04. The zero-order chi connectivity index (χ0) is 14.7. The highest BCUT2D eigenvalue weighted by Gasteiger charge is 2.28. The molecule has 2 aliphatic rings. The predicted molar refractivity (Wildman–Crippen MR) is 82.4 cm³/mol. The molecule has 0 aromatic rings. The van der Waals surface area contributed by atoms with Gasteiger partial charge in [-0.15, -0.1) is 0 Å². The van der Waals surface area contributed by atoms with Crippen molar-refractivity contribution in [2.45, 2.75) is 58.0 Å². The fraction of sp³-hybridized carbons (Fsp3) is 0.938. The van der Waals surface area contributed by atoms with E-state index in [1.807, 2.05) is 11.9 Å². The van der Waals surface area contributed by atoms with E-state index in [0.717, 1.165) is 25.4 Å². The number of nitrogens with two attached hydrogens (primary N) is 1. The maximum atomic E-state index is 12.4. The van der Waals surface area contributed by atoms with Crippen molar-refractivity contribution in [2.75, 3.05) is 26.7 Å². The predicted octanol–water partition coefficient (Wildman–Crippen LogP) is 1.69. The molecule has 2 fully saturated rings. The smallest absolute Gasteiger partial charge is 0.236 e. The van der Waals surface area contributed by atoms with Crippen molar-refractivity contribution in [1.29, 1.82) is 0 Å². The van der Waals surface area contributed by atoms with Crippen molar-refractivity contribution < 1.29 is 4.79 Å². The number of nitrogens with zero attached hydrogens (tertiary/aromatic N) is 2. The van der Waals surface area contributed by atoms with Crippen molar-refractivity contribution in [1.82, 2.24) is 9.80 Å². The molecule has 20 heavy (non-hydrogen) atoms. The Kier molecular flexibility index (Phi) is 5.44. The van der Waals surface area contributed by atoms with Crippen molar-refractivity contribution >= 4 is 5.91 Å². The Morgan fingerprint density at radius 1 is 1.20 bits per heavy atom. The minimum Gasteiger partial charge on any atom is -0.342 e. The molecule has 1 heterocycles. The zero-order valence-corrected chi connectivity index (χ0v) is 13.3. The van der Waals surface area contributed by atoms with Gasteiger partial charge in [-0.25, -0.2) is 0 Å². The molecule has 2 unspecified atom stereocenters. The number of hydrogen-bond donors (Lipinski definition) is 1. The van der Waals surface area contributed by atoms with E-state index >= 15 is 0 Å². The van der Waals surface area contributed by atoms with E-state index in [9.17, 15) is 4.79 Å². The first-order valence-electron chi connectivity index (χ1n) is 8.21. The highest BCUT2D eigenvalue weighted by Crippen LogP contribution is 2.26. The number of rotatable bonds is 3. The lowest BCUT2D eigenvalue weighted by Crippen LogP contribution is -2.50. The van der Waals surface area contributed by atoms with Crippen molar-refractivity contribution in [3.8, 4) is 0 Å². The summed E-state index contributed by atoms with van der Waals surface area (Å²) in [5.74, 6) is 1.61. The van der Waals surface area contributed by atoms with Gasteiger partial charge in [-0.2, -0.15) is 0 Å². The molecule has 1 aliphatic heterocycles. The highest BCUT2D eigenvalue weighted by molar-refractivity contribution is 5.78. The molecule has 0 aromatic heterocycles. The highest BCUT2D eigenvalue weighted by atomic mass is 16.2. The fourth-order valence-electron chi connectivity index (χ4n) is 3.53. The summed E-state index contributed by atoms with van der Waals surface area (Å²) < 4.78 is 0. The van der Waals surface area contributed by atoms with Gasteiger partial charge in [0.05, 0.1) is 6.54 Å². The first-order valence-corrected chi connectivity index (χ1v) is 8.21. The van der Waals surface area contributed by atoms with Gasteiger partial charge in [0, 0.05) is 32.2 Å². The standard InChI is InChI=1S/C16H31N3O/c1-12-4-6-14(7-5-12)18(3)16(20)11-19-9-8-15(17)13(2)10-19/h12-15H,4-11,17H2,1-3H3. The number of hydrogen-bond acceptors (Lipinski definition) is 3. The zero-order valence-electron chi connectivity index (χ0n) is 13.3. The Labute approximate surface area is 123 Å². The van der Waals surface area contributed by atoms with Crippen LogP contribution < -0.4 is 5.73 Å². The van der Waals surface area contributed by atoms with Crippen LogP contribution >= 0.6 is 0 Å². The summed E-state index contributed by atoms with van der Waals surface area (Å²) in [4.78, 5) is 16.7. The van der Waals surface area contributed by atoms with E-state index in [0.29, 0.717) is 24.5 Å². The van der Waals surface area contributed by atoms with Gasteiger partial charge in [0.1, 0.15) is 0 Å². The Balaban J connectivity index is 1.79. The Bertz CT molecular complexity index is 326. The molecule has 1 aliphatic carbocycles. The molecule has 2 N–H and O–H groups in total. The minimum absolute atomic E-state index is 0.284. The Hall–Kier alpha value is -0.610. The summed E-state index contributed by atoms with van der Waals surface area (Å²) in [6, 6.07) is 0.766. The van der Waals surface area contributed by atoms with E-state index in [2.05, 4.69) is 18.7 Å². The van der Waals surface area contributed by atoms with Crippen LogP contribution in [-0.2, 0) is 4.79 Å². The number of carbonyl (C=O) groups is 1. The number of amides is 1. The molecule has 4 heteroatoms. The first kappa shape index (κ1) is 15.8. The summed E-state index contributed by atoms with van der Waals surface area (Å²) in [6.07, 6.45) is 5.88. The van der Waals surface area contributed by atoms with Crippen LogP contribution in [0.15, 0.2) is 0 Å². The van der Waals surface area contributed by atoms with Crippen LogP contribution in [0.3, 0.4) is 0 Å². The van der Waals surface area contributed by atoms with Gasteiger partial charge >= 0.3 is 0 Å². The van der Waals surface area contributed by atoms with Crippen LogP contribution in [0.1, 0.15) is 46.0 Å². The molecule has 116 valence electrons. The second-order valence-corrected chi connectivity index (χ2v) is 7.08. The second-order valence-electron chi connectivity index (χ2n) is 7.08. The molecule has 0 spiro atoms. The SMILES string of the molecule is CC1CCC(N(C)C(=O)CN2CCC(N)C(C)C2)CC1. The molecule has 1 saturated heterocycles. The third-order valence-electron chi connectivity index (χ3n) is 5.34. The maximum absolute atomic E-state index is 12.4. The lowest BCUT2D eigenvalue weighted by atomic mass is 9.86. The molecule has 2 atom stereocenters. The van der Waals surface area contributed by atoms with E-state index in [1.54, 1.807) is 0 Å². The Morgan fingerprint density at radius 3 is 2.45 bits per heavy atom. The summed E-state index contributed by atoms with van der Waals surface area (Å²) >= 11 is 0.